The zero-order chi connectivity index (χ0) is 17.3. The van der Waals surface area contributed by atoms with Crippen molar-refractivity contribution in [2.24, 2.45) is 5.92 Å². The van der Waals surface area contributed by atoms with E-state index in [1.165, 1.54) is 5.56 Å². The van der Waals surface area contributed by atoms with E-state index in [2.05, 4.69) is 10.4 Å². The van der Waals surface area contributed by atoms with Gasteiger partial charge in [0.25, 0.3) is 0 Å². The molecular formula is C17H20N4O3. The summed E-state index contributed by atoms with van der Waals surface area (Å²) in [7, 11) is 0. The maximum atomic E-state index is 12.2. The number of carbonyl (C=O) groups is 1. The highest BCUT2D eigenvalue weighted by atomic mass is 16.6. The van der Waals surface area contributed by atoms with Crippen LogP contribution in [0.25, 0.3) is 0 Å². The summed E-state index contributed by atoms with van der Waals surface area (Å²) in [4.78, 5) is 22.8. The van der Waals surface area contributed by atoms with Gasteiger partial charge in [0.05, 0.1) is 11.5 Å². The zero-order valence-corrected chi connectivity index (χ0v) is 13.7. The average Bonchev–Trinajstić information content (AvgIpc) is 3.29. The number of aryl methyl sites for hydroxylation is 1. The number of nitrogens with one attached hydrogen (secondary N) is 1. The van der Waals surface area contributed by atoms with Crippen LogP contribution in [0.1, 0.15) is 29.3 Å². The van der Waals surface area contributed by atoms with Crippen LogP contribution in [0.4, 0.5) is 5.69 Å². The topological polar surface area (TPSA) is 90.1 Å². The number of nitrogens with zero attached hydrogens (tertiary/aromatic N) is 3. The minimum Gasteiger partial charge on any atom is -0.354 e. The fourth-order valence-electron chi connectivity index (χ4n) is 3.14. The van der Waals surface area contributed by atoms with Gasteiger partial charge in [-0.25, -0.2) is 0 Å². The molecule has 1 fully saturated rings. The molecule has 3 rings (SSSR count). The lowest BCUT2D eigenvalue weighted by Crippen LogP contribution is -2.29. The van der Waals surface area contributed by atoms with Gasteiger partial charge in [0, 0.05) is 12.5 Å². The Morgan fingerprint density at radius 2 is 2.08 bits per heavy atom. The predicted molar refractivity (Wildman–Crippen MR) is 88.7 cm³/mol. The van der Waals surface area contributed by atoms with Crippen LogP contribution in [0, 0.1) is 29.9 Å². The van der Waals surface area contributed by atoms with Gasteiger partial charge in [-0.15, -0.1) is 0 Å². The number of hydrogen-bond donors (Lipinski definition) is 1. The van der Waals surface area contributed by atoms with Crippen LogP contribution in [0.15, 0.2) is 30.3 Å². The van der Waals surface area contributed by atoms with Gasteiger partial charge in [0.1, 0.15) is 11.4 Å². The van der Waals surface area contributed by atoms with Gasteiger partial charge in [-0.3, -0.25) is 19.6 Å². The molecule has 1 aromatic heterocycles. The second-order valence-electron chi connectivity index (χ2n) is 6.15. The Morgan fingerprint density at radius 1 is 1.38 bits per heavy atom. The van der Waals surface area contributed by atoms with E-state index in [0.29, 0.717) is 30.4 Å². The van der Waals surface area contributed by atoms with E-state index in [4.69, 9.17) is 0 Å². The van der Waals surface area contributed by atoms with Crippen LogP contribution in [0.2, 0.25) is 0 Å². The zero-order valence-electron chi connectivity index (χ0n) is 13.7. The second kappa shape index (κ2) is 6.43. The second-order valence-corrected chi connectivity index (χ2v) is 6.15. The first kappa shape index (κ1) is 16.2. The Labute approximate surface area is 139 Å². The van der Waals surface area contributed by atoms with E-state index in [1.807, 2.05) is 30.3 Å². The molecule has 1 heterocycles. The summed E-state index contributed by atoms with van der Waals surface area (Å²) in [5, 5.41) is 18.1. The van der Waals surface area contributed by atoms with Crippen molar-refractivity contribution in [2.75, 3.05) is 6.54 Å². The van der Waals surface area contributed by atoms with Crippen LogP contribution in [0.3, 0.4) is 0 Å². The fraction of sp³-hybridized carbons (Fsp3) is 0.412. The lowest BCUT2D eigenvalue weighted by Gasteiger charge is -2.06. The van der Waals surface area contributed by atoms with E-state index in [1.54, 1.807) is 18.5 Å². The fourth-order valence-corrected chi connectivity index (χ4v) is 3.14. The molecule has 0 saturated heterocycles. The van der Waals surface area contributed by atoms with Crippen molar-refractivity contribution >= 4 is 11.6 Å². The van der Waals surface area contributed by atoms with Crippen LogP contribution in [0.5, 0.6) is 0 Å². The Kier molecular flexibility index (Phi) is 4.33. The standard InChI is InChI=1S/C17H20N4O3/c1-11-16(21(23)24)12(2)20(19-11)9-8-18-17(22)15-10-14(15)13-6-4-3-5-7-13/h3-7,14-15H,8-10H2,1-2H3,(H,18,22). The number of rotatable bonds is 6. The third kappa shape index (κ3) is 3.15. The molecule has 7 nitrogen and oxygen atoms in total. The molecule has 1 saturated carbocycles. The number of aromatic nitrogens is 2. The van der Waals surface area contributed by atoms with Crippen molar-refractivity contribution in [2.45, 2.75) is 32.7 Å². The molecule has 2 unspecified atom stereocenters. The van der Waals surface area contributed by atoms with E-state index in [-0.39, 0.29) is 17.5 Å². The first-order chi connectivity index (χ1) is 11.5. The molecule has 0 spiro atoms. The van der Waals surface area contributed by atoms with Gasteiger partial charge >= 0.3 is 5.69 Å². The molecule has 0 radical (unpaired) electrons. The highest BCUT2D eigenvalue weighted by Gasteiger charge is 2.43. The normalized spacial score (nSPS) is 19.1. The van der Waals surface area contributed by atoms with Gasteiger partial charge in [-0.1, -0.05) is 30.3 Å². The van der Waals surface area contributed by atoms with E-state index < -0.39 is 4.92 Å². The Hall–Kier alpha value is -2.70. The number of hydrogen-bond acceptors (Lipinski definition) is 4. The molecule has 1 N–H and O–H groups in total. The molecule has 0 bridgehead atoms. The van der Waals surface area contributed by atoms with Crippen LogP contribution < -0.4 is 5.32 Å². The molecule has 1 aliphatic carbocycles. The molecule has 24 heavy (non-hydrogen) atoms. The van der Waals surface area contributed by atoms with Gasteiger partial charge in [0.15, 0.2) is 0 Å². The van der Waals surface area contributed by atoms with Gasteiger partial charge in [-0.05, 0) is 31.7 Å². The van der Waals surface area contributed by atoms with Crippen molar-refractivity contribution in [3.05, 3.63) is 57.4 Å². The molecule has 2 aromatic rings. The van der Waals surface area contributed by atoms with E-state index in [0.717, 1.165) is 6.42 Å². The molecule has 1 amide bonds. The van der Waals surface area contributed by atoms with Crippen molar-refractivity contribution < 1.29 is 9.72 Å². The van der Waals surface area contributed by atoms with Gasteiger partial charge < -0.3 is 5.32 Å². The molecule has 1 aromatic carbocycles. The Morgan fingerprint density at radius 3 is 2.71 bits per heavy atom. The van der Waals surface area contributed by atoms with Crippen molar-refractivity contribution in [1.29, 1.82) is 0 Å². The summed E-state index contributed by atoms with van der Waals surface area (Å²) in [5.74, 6) is 0.378. The lowest BCUT2D eigenvalue weighted by molar-refractivity contribution is -0.386. The average molecular weight is 328 g/mol. The van der Waals surface area contributed by atoms with Crippen LogP contribution in [-0.2, 0) is 11.3 Å². The molecule has 0 aliphatic heterocycles. The SMILES string of the molecule is Cc1nn(CCNC(=O)C2CC2c2ccccc2)c(C)c1[N+](=O)[O-]. The predicted octanol–water partition coefficient (Wildman–Crippen LogP) is 2.33. The van der Waals surface area contributed by atoms with Crippen LogP contribution in [-0.4, -0.2) is 27.2 Å². The Balaban J connectivity index is 1.52. The van der Waals surface area contributed by atoms with E-state index >= 15 is 0 Å². The van der Waals surface area contributed by atoms with Crippen LogP contribution >= 0.6 is 0 Å². The molecule has 1 aliphatic rings. The summed E-state index contributed by atoms with van der Waals surface area (Å²) in [6, 6.07) is 10.0. The molecule has 2 atom stereocenters. The highest BCUT2D eigenvalue weighted by molar-refractivity contribution is 5.82. The maximum Gasteiger partial charge on any atom is 0.312 e. The van der Waals surface area contributed by atoms with E-state index in [9.17, 15) is 14.9 Å². The number of amides is 1. The van der Waals surface area contributed by atoms with Crippen molar-refractivity contribution in [3.8, 4) is 0 Å². The molecule has 126 valence electrons. The minimum absolute atomic E-state index is 0.0298. The highest BCUT2D eigenvalue weighted by Crippen LogP contribution is 2.47. The monoisotopic (exact) mass is 328 g/mol. The number of benzene rings is 1. The van der Waals surface area contributed by atoms with Gasteiger partial charge in [-0.2, -0.15) is 5.10 Å². The summed E-state index contributed by atoms with van der Waals surface area (Å²) in [5.41, 5.74) is 2.16. The first-order valence-electron chi connectivity index (χ1n) is 8.00. The van der Waals surface area contributed by atoms with Gasteiger partial charge in [0.2, 0.25) is 5.91 Å². The van der Waals surface area contributed by atoms with Crippen molar-refractivity contribution in [1.82, 2.24) is 15.1 Å². The minimum atomic E-state index is -0.415. The molecule has 7 heteroatoms. The largest absolute Gasteiger partial charge is 0.354 e. The third-order valence-electron chi connectivity index (χ3n) is 4.50. The van der Waals surface area contributed by atoms with Crippen molar-refractivity contribution in [3.63, 3.8) is 0 Å². The maximum absolute atomic E-state index is 12.2. The molecular weight excluding hydrogens is 308 g/mol. The summed E-state index contributed by atoms with van der Waals surface area (Å²) >= 11 is 0. The first-order valence-corrected chi connectivity index (χ1v) is 8.00. The summed E-state index contributed by atoms with van der Waals surface area (Å²) in [6.07, 6.45) is 0.876. The lowest BCUT2D eigenvalue weighted by atomic mass is 10.1. The smallest absolute Gasteiger partial charge is 0.312 e. The quantitative estimate of drug-likeness (QED) is 0.651. The summed E-state index contributed by atoms with van der Waals surface area (Å²) in [6.45, 7) is 4.13. The number of carbonyl (C=O) groups excluding carboxylic acids is 1. The Bertz CT molecular complexity index is 770. The number of nitro groups is 1. The third-order valence-corrected chi connectivity index (χ3v) is 4.50. The summed E-state index contributed by atoms with van der Waals surface area (Å²) < 4.78 is 1.58.